The third-order valence-electron chi connectivity index (χ3n) is 4.14. The van der Waals surface area contributed by atoms with Crippen molar-refractivity contribution in [2.24, 2.45) is 0 Å². The highest BCUT2D eigenvalue weighted by molar-refractivity contribution is 9.11. The van der Waals surface area contributed by atoms with Crippen molar-refractivity contribution in [3.8, 4) is 0 Å². The lowest BCUT2D eigenvalue weighted by atomic mass is 9.80. The van der Waals surface area contributed by atoms with E-state index in [4.69, 9.17) is 0 Å². The molecule has 1 heterocycles. The molecule has 1 aliphatic rings. The van der Waals surface area contributed by atoms with Gasteiger partial charge in [-0.1, -0.05) is 19.3 Å². The second-order valence-corrected chi connectivity index (χ2v) is 7.83. The van der Waals surface area contributed by atoms with Crippen LogP contribution in [0.1, 0.15) is 37.7 Å². The lowest BCUT2D eigenvalue weighted by Gasteiger charge is -2.43. The summed E-state index contributed by atoms with van der Waals surface area (Å²) < 4.78 is 1.22. The van der Waals surface area contributed by atoms with E-state index in [1.165, 1.54) is 41.5 Å². The van der Waals surface area contributed by atoms with Crippen LogP contribution < -0.4 is 5.32 Å². The van der Waals surface area contributed by atoms with Crippen LogP contribution >= 0.6 is 27.3 Å². The Morgan fingerprint density at radius 2 is 2.06 bits per heavy atom. The molecule has 1 aromatic heterocycles. The topological polar surface area (TPSA) is 15.3 Å². The number of likely N-dealkylation sites (N-methyl/N-ethyl adjacent to an activating group) is 1. The molecule has 0 spiro atoms. The van der Waals surface area contributed by atoms with Gasteiger partial charge in [-0.05, 0) is 59.9 Å². The number of hydrogen-bond donors (Lipinski definition) is 1. The third-order valence-corrected chi connectivity index (χ3v) is 5.69. The first kappa shape index (κ1) is 14.5. The average molecular weight is 331 g/mol. The molecule has 0 amide bonds. The summed E-state index contributed by atoms with van der Waals surface area (Å²) in [4.78, 5) is 2.43. The van der Waals surface area contributed by atoms with Gasteiger partial charge in [0.05, 0.1) is 3.79 Å². The Balaban J connectivity index is 1.86. The van der Waals surface area contributed by atoms with Gasteiger partial charge < -0.3 is 10.2 Å². The monoisotopic (exact) mass is 330 g/mol. The van der Waals surface area contributed by atoms with Gasteiger partial charge in [0.2, 0.25) is 0 Å². The van der Waals surface area contributed by atoms with E-state index in [-0.39, 0.29) is 0 Å². The molecule has 2 nitrogen and oxygen atoms in total. The number of halogens is 1. The fourth-order valence-corrected chi connectivity index (χ4v) is 4.08. The van der Waals surface area contributed by atoms with E-state index in [1.807, 2.05) is 0 Å². The summed E-state index contributed by atoms with van der Waals surface area (Å²) in [5.41, 5.74) is 1.77. The minimum Gasteiger partial charge on any atom is -0.311 e. The quantitative estimate of drug-likeness (QED) is 0.881. The Morgan fingerprint density at radius 3 is 2.61 bits per heavy atom. The van der Waals surface area contributed by atoms with Gasteiger partial charge in [-0.15, -0.1) is 11.3 Å². The molecule has 1 aromatic rings. The van der Waals surface area contributed by atoms with Gasteiger partial charge in [-0.25, -0.2) is 0 Å². The second kappa shape index (κ2) is 6.51. The number of nitrogens with one attached hydrogen (secondary N) is 1. The molecule has 0 radical (unpaired) electrons. The second-order valence-electron chi connectivity index (χ2n) is 5.54. The summed E-state index contributed by atoms with van der Waals surface area (Å²) in [6.07, 6.45) is 6.83. The van der Waals surface area contributed by atoms with Crippen molar-refractivity contribution in [1.82, 2.24) is 10.2 Å². The summed E-state index contributed by atoms with van der Waals surface area (Å²) in [6.45, 7) is 2.09. The maximum atomic E-state index is 3.65. The molecule has 0 atom stereocenters. The van der Waals surface area contributed by atoms with Crippen molar-refractivity contribution in [2.75, 3.05) is 20.6 Å². The average Bonchev–Trinajstić information content (AvgIpc) is 2.76. The van der Waals surface area contributed by atoms with E-state index in [9.17, 15) is 0 Å². The first-order chi connectivity index (χ1) is 8.62. The van der Waals surface area contributed by atoms with Crippen LogP contribution in [0.25, 0.3) is 0 Å². The van der Waals surface area contributed by atoms with Crippen LogP contribution in [-0.2, 0) is 6.54 Å². The first-order valence-electron chi connectivity index (χ1n) is 6.73. The highest BCUT2D eigenvalue weighted by atomic mass is 79.9. The van der Waals surface area contributed by atoms with E-state index in [1.54, 1.807) is 11.3 Å². The van der Waals surface area contributed by atoms with Crippen molar-refractivity contribution >= 4 is 27.3 Å². The molecule has 1 N–H and O–H groups in total. The van der Waals surface area contributed by atoms with E-state index in [2.05, 4.69) is 51.7 Å². The van der Waals surface area contributed by atoms with Gasteiger partial charge in [0, 0.05) is 18.6 Å². The molecule has 102 valence electrons. The van der Waals surface area contributed by atoms with Crippen molar-refractivity contribution in [3.05, 3.63) is 20.8 Å². The normalized spacial score (nSPS) is 19.3. The van der Waals surface area contributed by atoms with Gasteiger partial charge in [0.1, 0.15) is 0 Å². The van der Waals surface area contributed by atoms with Crippen LogP contribution in [0.3, 0.4) is 0 Å². The molecule has 0 bridgehead atoms. The maximum Gasteiger partial charge on any atom is 0.0701 e. The van der Waals surface area contributed by atoms with Gasteiger partial charge in [-0.2, -0.15) is 0 Å². The van der Waals surface area contributed by atoms with Gasteiger partial charge in [0.25, 0.3) is 0 Å². The molecule has 0 unspecified atom stereocenters. The minimum absolute atomic E-state index is 0.380. The van der Waals surface area contributed by atoms with E-state index >= 15 is 0 Å². The summed E-state index contributed by atoms with van der Waals surface area (Å²) in [7, 11) is 4.46. The summed E-state index contributed by atoms with van der Waals surface area (Å²) in [5.74, 6) is 0. The fraction of sp³-hybridized carbons (Fsp3) is 0.714. The summed E-state index contributed by atoms with van der Waals surface area (Å²) in [6, 6.07) is 2.21. The van der Waals surface area contributed by atoms with Crippen LogP contribution in [-0.4, -0.2) is 31.1 Å². The standard InChI is InChI=1S/C14H23BrN2S/c1-17(2)14(6-4-3-5-7-14)11-16-9-12-8-13(15)18-10-12/h8,10,16H,3-7,9,11H2,1-2H3. The maximum absolute atomic E-state index is 3.65. The lowest BCUT2D eigenvalue weighted by molar-refractivity contribution is 0.0984. The molecular formula is C14H23BrN2S. The number of hydrogen-bond acceptors (Lipinski definition) is 3. The van der Waals surface area contributed by atoms with Crippen LogP contribution in [0.5, 0.6) is 0 Å². The number of nitrogens with zero attached hydrogens (tertiary/aromatic N) is 1. The van der Waals surface area contributed by atoms with Crippen molar-refractivity contribution < 1.29 is 0 Å². The van der Waals surface area contributed by atoms with E-state index < -0.39 is 0 Å². The Kier molecular flexibility index (Phi) is 5.24. The first-order valence-corrected chi connectivity index (χ1v) is 8.41. The Bertz CT molecular complexity index is 370. The smallest absolute Gasteiger partial charge is 0.0701 e. The molecule has 0 aromatic carbocycles. The predicted molar refractivity (Wildman–Crippen MR) is 83.2 cm³/mol. The molecule has 1 aliphatic carbocycles. The lowest BCUT2D eigenvalue weighted by Crippen LogP contribution is -2.52. The molecule has 4 heteroatoms. The molecule has 2 rings (SSSR count). The zero-order chi connectivity index (χ0) is 13.0. The number of thiophene rings is 1. The molecular weight excluding hydrogens is 308 g/mol. The van der Waals surface area contributed by atoms with Crippen LogP contribution in [0, 0.1) is 0 Å². The molecule has 0 saturated heterocycles. The van der Waals surface area contributed by atoms with Crippen molar-refractivity contribution in [2.45, 2.75) is 44.2 Å². The van der Waals surface area contributed by atoms with Gasteiger partial charge in [0.15, 0.2) is 0 Å². The molecule has 0 aliphatic heterocycles. The Labute approximate surface area is 123 Å². The highest BCUT2D eigenvalue weighted by Gasteiger charge is 2.33. The molecule has 1 fully saturated rings. The Morgan fingerprint density at radius 1 is 1.33 bits per heavy atom. The van der Waals surface area contributed by atoms with E-state index in [0.717, 1.165) is 13.1 Å². The molecule has 1 saturated carbocycles. The predicted octanol–water partition coefficient (Wildman–Crippen LogP) is 3.86. The van der Waals surface area contributed by atoms with Gasteiger partial charge >= 0.3 is 0 Å². The zero-order valence-electron chi connectivity index (χ0n) is 11.3. The fourth-order valence-electron chi connectivity index (χ4n) is 2.87. The highest BCUT2D eigenvalue weighted by Crippen LogP contribution is 2.31. The Hall–Kier alpha value is 0.100. The van der Waals surface area contributed by atoms with Crippen LogP contribution in [0.4, 0.5) is 0 Å². The number of rotatable bonds is 5. The largest absolute Gasteiger partial charge is 0.311 e. The van der Waals surface area contributed by atoms with E-state index in [0.29, 0.717) is 5.54 Å². The van der Waals surface area contributed by atoms with Crippen molar-refractivity contribution in [1.29, 1.82) is 0 Å². The van der Waals surface area contributed by atoms with Crippen molar-refractivity contribution in [3.63, 3.8) is 0 Å². The van der Waals surface area contributed by atoms with Crippen LogP contribution in [0.15, 0.2) is 15.2 Å². The summed E-state index contributed by atoms with van der Waals surface area (Å²) in [5, 5.41) is 5.87. The zero-order valence-corrected chi connectivity index (χ0v) is 13.7. The molecule has 18 heavy (non-hydrogen) atoms. The summed E-state index contributed by atoms with van der Waals surface area (Å²) >= 11 is 5.28. The SMILES string of the molecule is CN(C)C1(CNCc2csc(Br)c2)CCCCC1. The minimum atomic E-state index is 0.380. The van der Waals surface area contributed by atoms with Crippen LogP contribution in [0.2, 0.25) is 0 Å². The third kappa shape index (κ3) is 3.56. The van der Waals surface area contributed by atoms with Gasteiger partial charge in [-0.3, -0.25) is 0 Å².